The Morgan fingerprint density at radius 1 is 0.821 bits per heavy atom. The second-order valence-corrected chi connectivity index (χ2v) is 6.41. The lowest BCUT2D eigenvalue weighted by Gasteiger charge is -2.17. The first-order chi connectivity index (χ1) is 13.3. The molecule has 2 atom stereocenters. The highest BCUT2D eigenvalue weighted by Crippen LogP contribution is 2.19. The fourth-order valence-electron chi connectivity index (χ4n) is 2.54. The molecular weight excluding hydrogens is 366 g/mol. The molecule has 7 heteroatoms. The molecule has 0 saturated carbocycles. The lowest BCUT2D eigenvalue weighted by Crippen LogP contribution is -2.30. The molecule has 2 N–H and O–H groups in total. The first kappa shape index (κ1) is 21.2. The molecule has 2 unspecified atom stereocenters. The number of ketones is 1. The highest BCUT2D eigenvalue weighted by molar-refractivity contribution is 6.65. The highest BCUT2D eigenvalue weighted by Gasteiger charge is 2.22. The maximum atomic E-state index is 13.6. The van der Waals surface area contributed by atoms with Crippen LogP contribution in [-0.2, 0) is 4.79 Å². The van der Waals surface area contributed by atoms with Gasteiger partial charge in [-0.15, -0.1) is 0 Å². The summed E-state index contributed by atoms with van der Waals surface area (Å²) in [5.41, 5.74) is -0.626. The van der Waals surface area contributed by atoms with Crippen LogP contribution in [0.1, 0.15) is 26.7 Å². The molecule has 0 aromatic heterocycles. The van der Waals surface area contributed by atoms with Gasteiger partial charge in [-0.1, -0.05) is 24.3 Å². The fraction of sp³-hybridized carbons (Fsp3) is 0.286. The van der Waals surface area contributed by atoms with Crippen LogP contribution in [-0.4, -0.2) is 29.4 Å². The van der Waals surface area contributed by atoms with Crippen LogP contribution >= 0.6 is 0 Å². The van der Waals surface area contributed by atoms with Gasteiger partial charge in [0.05, 0.1) is 11.4 Å². The predicted octanol–water partition coefficient (Wildman–Crippen LogP) is 4.59. The molecule has 0 bridgehead atoms. The van der Waals surface area contributed by atoms with Crippen LogP contribution in [0.2, 0.25) is 0 Å². The van der Waals surface area contributed by atoms with E-state index in [9.17, 15) is 13.6 Å². The molecule has 2 aromatic rings. The lowest BCUT2D eigenvalue weighted by atomic mass is 10.0. The molecule has 0 aliphatic rings. The number of benzene rings is 2. The van der Waals surface area contributed by atoms with E-state index in [2.05, 4.69) is 0 Å². The number of halogens is 2. The number of carbonyl (C=O) groups is 1. The van der Waals surface area contributed by atoms with Crippen molar-refractivity contribution in [2.45, 2.75) is 38.9 Å². The zero-order chi connectivity index (χ0) is 20.7. The number of nitrogens with one attached hydrogen (secondary N) is 2. The Morgan fingerprint density at radius 2 is 1.18 bits per heavy atom. The van der Waals surface area contributed by atoms with Gasteiger partial charge in [0.1, 0.15) is 12.2 Å². The van der Waals surface area contributed by atoms with E-state index in [0.29, 0.717) is 0 Å². The minimum atomic E-state index is -0.743. The first-order valence-corrected chi connectivity index (χ1v) is 8.79. The van der Waals surface area contributed by atoms with Gasteiger partial charge in [0.15, 0.2) is 23.1 Å². The van der Waals surface area contributed by atoms with Crippen molar-refractivity contribution in [3.63, 3.8) is 0 Å². The molecule has 148 valence electrons. The SMILES string of the molecule is CC(CC(=N)C(=O)C(=N)CC(C)Oc1ccccc1F)Oc1ccccc1F. The summed E-state index contributed by atoms with van der Waals surface area (Å²) in [5.74, 6) is -1.72. The second kappa shape index (κ2) is 9.73. The molecule has 0 radical (unpaired) electrons. The average Bonchev–Trinajstić information content (AvgIpc) is 2.64. The van der Waals surface area contributed by atoms with Gasteiger partial charge in [0, 0.05) is 12.8 Å². The topological polar surface area (TPSA) is 83.2 Å². The molecule has 0 spiro atoms. The van der Waals surface area contributed by atoms with Crippen LogP contribution in [0.25, 0.3) is 0 Å². The van der Waals surface area contributed by atoms with Gasteiger partial charge >= 0.3 is 0 Å². The summed E-state index contributed by atoms with van der Waals surface area (Å²) < 4.78 is 38.0. The molecule has 0 aliphatic carbocycles. The Kier molecular flexibility index (Phi) is 7.37. The van der Waals surface area contributed by atoms with E-state index in [1.807, 2.05) is 0 Å². The Balaban J connectivity index is 1.86. The van der Waals surface area contributed by atoms with E-state index in [1.54, 1.807) is 26.0 Å². The molecule has 28 heavy (non-hydrogen) atoms. The van der Waals surface area contributed by atoms with Crippen LogP contribution in [0.3, 0.4) is 0 Å². The van der Waals surface area contributed by atoms with E-state index in [-0.39, 0.29) is 35.8 Å². The monoisotopic (exact) mass is 388 g/mol. The summed E-state index contributed by atoms with van der Waals surface area (Å²) in [4.78, 5) is 12.2. The zero-order valence-corrected chi connectivity index (χ0v) is 15.7. The number of para-hydroxylation sites is 2. The summed E-state index contributed by atoms with van der Waals surface area (Å²) in [5, 5.41) is 15.8. The van der Waals surface area contributed by atoms with Crippen molar-refractivity contribution in [1.29, 1.82) is 10.8 Å². The van der Waals surface area contributed by atoms with Crippen molar-refractivity contribution in [3.05, 3.63) is 60.2 Å². The molecule has 0 aliphatic heterocycles. The van der Waals surface area contributed by atoms with E-state index >= 15 is 0 Å². The summed E-state index contributed by atoms with van der Waals surface area (Å²) in [6, 6.07) is 11.7. The highest BCUT2D eigenvalue weighted by atomic mass is 19.1. The van der Waals surface area contributed by atoms with Gasteiger partial charge in [-0.3, -0.25) is 4.79 Å². The van der Waals surface area contributed by atoms with E-state index in [4.69, 9.17) is 20.3 Å². The Hall–Kier alpha value is -3.09. The molecular formula is C21H22F2N2O3. The molecule has 0 fully saturated rings. The summed E-state index contributed by atoms with van der Waals surface area (Å²) in [7, 11) is 0. The maximum absolute atomic E-state index is 13.6. The number of hydrogen-bond acceptors (Lipinski definition) is 5. The van der Waals surface area contributed by atoms with Gasteiger partial charge in [0.2, 0.25) is 5.78 Å². The normalized spacial score (nSPS) is 12.7. The molecule has 0 amide bonds. The van der Waals surface area contributed by atoms with Crippen LogP contribution in [0.5, 0.6) is 11.5 Å². The Bertz CT molecular complexity index is 801. The van der Waals surface area contributed by atoms with Crippen molar-refractivity contribution in [2.75, 3.05) is 0 Å². The number of Topliss-reactive ketones (excluding diaryl/α,β-unsaturated/α-hetero) is 1. The Labute approximate surface area is 162 Å². The van der Waals surface area contributed by atoms with Gasteiger partial charge in [-0.2, -0.15) is 0 Å². The van der Waals surface area contributed by atoms with Gasteiger partial charge in [-0.05, 0) is 38.1 Å². The minimum absolute atomic E-state index is 0.0391. The smallest absolute Gasteiger partial charge is 0.220 e. The zero-order valence-electron chi connectivity index (χ0n) is 15.7. The molecule has 2 rings (SSSR count). The number of carbonyl (C=O) groups excluding carboxylic acids is 1. The second-order valence-electron chi connectivity index (χ2n) is 6.41. The summed E-state index contributed by atoms with van der Waals surface area (Å²) in [6.45, 7) is 3.23. The fourth-order valence-corrected chi connectivity index (χ4v) is 2.54. The third-order valence-electron chi connectivity index (χ3n) is 3.86. The maximum Gasteiger partial charge on any atom is 0.220 e. The third kappa shape index (κ3) is 5.97. The van der Waals surface area contributed by atoms with Gasteiger partial charge in [-0.25, -0.2) is 8.78 Å². The summed E-state index contributed by atoms with van der Waals surface area (Å²) in [6.07, 6.45) is -1.38. The van der Waals surface area contributed by atoms with Crippen molar-refractivity contribution in [2.24, 2.45) is 0 Å². The standard InChI is InChI=1S/C21H22F2N2O3/c1-13(27-19-9-5-3-7-15(19)22)11-17(24)21(26)18(25)12-14(2)28-20-10-6-4-8-16(20)23/h3-10,13-14,24-25H,11-12H2,1-2H3. The average molecular weight is 388 g/mol. The quantitative estimate of drug-likeness (QED) is 0.584. The molecule has 0 heterocycles. The van der Waals surface area contributed by atoms with Crippen molar-refractivity contribution < 1.29 is 23.0 Å². The number of ether oxygens (including phenoxy) is 2. The number of hydrogen-bond donors (Lipinski definition) is 2. The van der Waals surface area contributed by atoms with Crippen molar-refractivity contribution in [1.82, 2.24) is 0 Å². The predicted molar refractivity (Wildman–Crippen MR) is 103 cm³/mol. The van der Waals surface area contributed by atoms with Gasteiger partial charge in [0.25, 0.3) is 0 Å². The van der Waals surface area contributed by atoms with Crippen LogP contribution < -0.4 is 9.47 Å². The van der Waals surface area contributed by atoms with Crippen molar-refractivity contribution in [3.8, 4) is 11.5 Å². The third-order valence-corrected chi connectivity index (χ3v) is 3.86. The summed E-state index contributed by atoms with van der Waals surface area (Å²) >= 11 is 0. The molecule has 5 nitrogen and oxygen atoms in total. The van der Waals surface area contributed by atoms with Gasteiger partial charge < -0.3 is 20.3 Å². The largest absolute Gasteiger partial charge is 0.487 e. The first-order valence-electron chi connectivity index (χ1n) is 8.79. The van der Waals surface area contributed by atoms with Crippen LogP contribution in [0.4, 0.5) is 8.78 Å². The van der Waals surface area contributed by atoms with Crippen LogP contribution in [0, 0.1) is 22.5 Å². The van der Waals surface area contributed by atoms with E-state index < -0.39 is 29.6 Å². The van der Waals surface area contributed by atoms with E-state index in [0.717, 1.165) is 0 Å². The minimum Gasteiger partial charge on any atom is -0.487 e. The van der Waals surface area contributed by atoms with Crippen LogP contribution in [0.15, 0.2) is 48.5 Å². The molecule has 0 saturated heterocycles. The Morgan fingerprint density at radius 3 is 1.54 bits per heavy atom. The van der Waals surface area contributed by atoms with Crippen molar-refractivity contribution >= 4 is 17.2 Å². The molecule has 2 aromatic carbocycles. The number of rotatable bonds is 10. The van der Waals surface area contributed by atoms with E-state index in [1.165, 1.54) is 36.4 Å². The lowest BCUT2D eigenvalue weighted by molar-refractivity contribution is -0.107.